The van der Waals surface area contributed by atoms with Gasteiger partial charge in [-0.2, -0.15) is 0 Å². The molecule has 1 atom stereocenters. The minimum atomic E-state index is -0.296. The van der Waals surface area contributed by atoms with Crippen molar-refractivity contribution < 1.29 is 13.6 Å². The maximum atomic E-state index is 12.7. The number of benzene rings is 1. The van der Waals surface area contributed by atoms with Gasteiger partial charge in [-0.1, -0.05) is 12.1 Å². The maximum Gasteiger partial charge on any atom is 0.224 e. The Kier molecular flexibility index (Phi) is 4.34. The minimum Gasteiger partial charge on any atom is -0.469 e. The quantitative estimate of drug-likeness (QED) is 0.899. The first-order valence-corrected chi connectivity index (χ1v) is 6.19. The van der Waals surface area contributed by atoms with Crippen LogP contribution in [0.5, 0.6) is 0 Å². The molecule has 3 nitrogen and oxygen atoms in total. The summed E-state index contributed by atoms with van der Waals surface area (Å²) in [7, 11) is 0. The first-order valence-electron chi connectivity index (χ1n) is 6.19. The van der Waals surface area contributed by atoms with Gasteiger partial charge in [0.1, 0.15) is 11.6 Å². The van der Waals surface area contributed by atoms with Crippen molar-refractivity contribution in [2.24, 2.45) is 0 Å². The fourth-order valence-corrected chi connectivity index (χ4v) is 1.90. The topological polar surface area (TPSA) is 42.2 Å². The third-order valence-electron chi connectivity index (χ3n) is 2.77. The highest BCUT2D eigenvalue weighted by atomic mass is 19.1. The Balaban J connectivity index is 1.82. The molecule has 0 aliphatic rings. The first kappa shape index (κ1) is 13.3. The SMILES string of the molecule is C[C@H](Cc1ccco1)NC(=O)Cc1ccc(F)cc1. The summed E-state index contributed by atoms with van der Waals surface area (Å²) in [5, 5.41) is 2.89. The summed E-state index contributed by atoms with van der Waals surface area (Å²) >= 11 is 0. The molecule has 19 heavy (non-hydrogen) atoms. The summed E-state index contributed by atoms with van der Waals surface area (Å²) < 4.78 is 18.0. The first-order chi connectivity index (χ1) is 9.13. The fraction of sp³-hybridized carbons (Fsp3) is 0.267. The van der Waals surface area contributed by atoms with E-state index in [4.69, 9.17) is 4.42 Å². The molecule has 0 fully saturated rings. The number of carbonyl (C=O) groups excluding carboxylic acids is 1. The molecule has 1 aromatic heterocycles. The molecule has 0 bridgehead atoms. The zero-order chi connectivity index (χ0) is 13.7. The summed E-state index contributed by atoms with van der Waals surface area (Å²) in [4.78, 5) is 11.8. The van der Waals surface area contributed by atoms with E-state index >= 15 is 0 Å². The highest BCUT2D eigenvalue weighted by Gasteiger charge is 2.10. The van der Waals surface area contributed by atoms with Crippen molar-refractivity contribution in [3.63, 3.8) is 0 Å². The lowest BCUT2D eigenvalue weighted by molar-refractivity contribution is -0.121. The van der Waals surface area contributed by atoms with E-state index in [-0.39, 0.29) is 24.2 Å². The molecule has 2 aromatic rings. The molecular weight excluding hydrogens is 245 g/mol. The maximum absolute atomic E-state index is 12.7. The fourth-order valence-electron chi connectivity index (χ4n) is 1.90. The van der Waals surface area contributed by atoms with Crippen molar-refractivity contribution in [3.8, 4) is 0 Å². The number of furan rings is 1. The van der Waals surface area contributed by atoms with E-state index in [1.54, 1.807) is 18.4 Å². The third-order valence-corrected chi connectivity index (χ3v) is 2.77. The van der Waals surface area contributed by atoms with Crippen LogP contribution in [-0.4, -0.2) is 11.9 Å². The van der Waals surface area contributed by atoms with Gasteiger partial charge in [0.2, 0.25) is 5.91 Å². The van der Waals surface area contributed by atoms with Crippen LogP contribution >= 0.6 is 0 Å². The molecule has 0 saturated carbocycles. The highest BCUT2D eigenvalue weighted by molar-refractivity contribution is 5.78. The molecular formula is C15H16FNO2. The van der Waals surface area contributed by atoms with Crippen molar-refractivity contribution in [1.29, 1.82) is 0 Å². The van der Waals surface area contributed by atoms with Crippen molar-refractivity contribution in [1.82, 2.24) is 5.32 Å². The predicted octanol–water partition coefficient (Wildman–Crippen LogP) is 2.71. The number of halogens is 1. The van der Waals surface area contributed by atoms with Crippen molar-refractivity contribution in [2.75, 3.05) is 0 Å². The number of rotatable bonds is 5. The van der Waals surface area contributed by atoms with E-state index in [1.807, 2.05) is 19.1 Å². The molecule has 1 N–H and O–H groups in total. The largest absolute Gasteiger partial charge is 0.469 e. The highest BCUT2D eigenvalue weighted by Crippen LogP contribution is 2.06. The van der Waals surface area contributed by atoms with Crippen LogP contribution in [0.1, 0.15) is 18.2 Å². The van der Waals surface area contributed by atoms with Crippen molar-refractivity contribution in [3.05, 3.63) is 59.8 Å². The summed E-state index contributed by atoms with van der Waals surface area (Å²) in [6.45, 7) is 1.92. The molecule has 0 aliphatic carbocycles. The van der Waals surface area contributed by atoms with Gasteiger partial charge in [0, 0.05) is 12.5 Å². The second-order valence-electron chi connectivity index (χ2n) is 4.56. The van der Waals surface area contributed by atoms with Gasteiger partial charge in [0.25, 0.3) is 0 Å². The van der Waals surface area contributed by atoms with Crippen LogP contribution in [-0.2, 0) is 17.6 Å². The van der Waals surface area contributed by atoms with Gasteiger partial charge in [-0.05, 0) is 36.8 Å². The lowest BCUT2D eigenvalue weighted by Gasteiger charge is -2.12. The summed E-state index contributed by atoms with van der Waals surface area (Å²) in [6.07, 6.45) is 2.52. The predicted molar refractivity (Wildman–Crippen MR) is 70.1 cm³/mol. The van der Waals surface area contributed by atoms with E-state index in [0.29, 0.717) is 6.42 Å². The van der Waals surface area contributed by atoms with Crippen LogP contribution in [0.15, 0.2) is 47.1 Å². The Morgan fingerprint density at radius 1 is 1.32 bits per heavy atom. The van der Waals surface area contributed by atoms with E-state index < -0.39 is 0 Å². The van der Waals surface area contributed by atoms with Gasteiger partial charge in [-0.15, -0.1) is 0 Å². The number of hydrogen-bond acceptors (Lipinski definition) is 2. The molecule has 1 aromatic carbocycles. The van der Waals surface area contributed by atoms with Crippen LogP contribution < -0.4 is 5.32 Å². The van der Waals surface area contributed by atoms with Crippen LogP contribution in [0.2, 0.25) is 0 Å². The van der Waals surface area contributed by atoms with Crippen molar-refractivity contribution >= 4 is 5.91 Å². The van der Waals surface area contributed by atoms with Gasteiger partial charge < -0.3 is 9.73 Å². The average Bonchev–Trinajstić information content (AvgIpc) is 2.84. The van der Waals surface area contributed by atoms with Gasteiger partial charge >= 0.3 is 0 Å². The molecule has 2 rings (SSSR count). The summed E-state index contributed by atoms with van der Waals surface area (Å²) in [5.74, 6) is 0.468. The second-order valence-corrected chi connectivity index (χ2v) is 4.56. The lowest BCUT2D eigenvalue weighted by Crippen LogP contribution is -2.35. The van der Waals surface area contributed by atoms with Crippen molar-refractivity contribution in [2.45, 2.75) is 25.8 Å². The molecule has 0 aliphatic heterocycles. The van der Waals surface area contributed by atoms with Crippen LogP contribution in [0.25, 0.3) is 0 Å². The van der Waals surface area contributed by atoms with Crippen LogP contribution in [0, 0.1) is 5.82 Å². The Hall–Kier alpha value is -2.10. The monoisotopic (exact) mass is 261 g/mol. The van der Waals surface area contributed by atoms with Gasteiger partial charge in [-0.3, -0.25) is 4.79 Å². The van der Waals surface area contributed by atoms with Gasteiger partial charge in [-0.25, -0.2) is 4.39 Å². The smallest absolute Gasteiger partial charge is 0.224 e. The Morgan fingerprint density at radius 3 is 2.68 bits per heavy atom. The summed E-state index contributed by atoms with van der Waals surface area (Å²) in [5.41, 5.74) is 0.795. The molecule has 0 radical (unpaired) electrons. The van der Waals surface area contributed by atoms with Gasteiger partial charge in [0.05, 0.1) is 12.7 Å². The van der Waals surface area contributed by atoms with Crippen LogP contribution in [0.3, 0.4) is 0 Å². The van der Waals surface area contributed by atoms with E-state index in [9.17, 15) is 9.18 Å². The number of nitrogens with one attached hydrogen (secondary N) is 1. The Labute approximate surface area is 111 Å². The Bertz CT molecular complexity index is 520. The van der Waals surface area contributed by atoms with E-state index in [2.05, 4.69) is 5.32 Å². The second kappa shape index (κ2) is 6.18. The molecule has 4 heteroatoms. The summed E-state index contributed by atoms with van der Waals surface area (Å²) in [6, 6.07) is 9.65. The third kappa shape index (κ3) is 4.25. The standard InChI is InChI=1S/C15H16FNO2/c1-11(9-14-3-2-8-19-14)17-15(18)10-12-4-6-13(16)7-5-12/h2-8,11H,9-10H2,1H3,(H,17,18)/t11-/m1/s1. The Morgan fingerprint density at radius 2 is 2.05 bits per heavy atom. The molecule has 1 amide bonds. The lowest BCUT2D eigenvalue weighted by atomic mass is 10.1. The molecule has 0 saturated heterocycles. The van der Waals surface area contributed by atoms with Crippen LogP contribution in [0.4, 0.5) is 4.39 Å². The molecule has 100 valence electrons. The molecule has 1 heterocycles. The number of amides is 1. The number of carbonyl (C=O) groups is 1. The normalized spacial score (nSPS) is 12.1. The number of hydrogen-bond donors (Lipinski definition) is 1. The van der Waals surface area contributed by atoms with E-state index in [1.165, 1.54) is 12.1 Å². The minimum absolute atomic E-state index is 0.000835. The van der Waals surface area contributed by atoms with Gasteiger partial charge in [0.15, 0.2) is 0 Å². The average molecular weight is 261 g/mol. The van der Waals surface area contributed by atoms with E-state index in [0.717, 1.165) is 11.3 Å². The molecule has 0 spiro atoms. The molecule has 0 unspecified atom stereocenters. The zero-order valence-corrected chi connectivity index (χ0v) is 10.7. The zero-order valence-electron chi connectivity index (χ0n) is 10.7.